The maximum Gasteiger partial charge on any atom is 0.416 e. The second-order valence-electron chi connectivity index (χ2n) is 4.95. The fourth-order valence-electron chi connectivity index (χ4n) is 2.05. The number of nitrogens with zero attached hydrogens (tertiary/aromatic N) is 1. The third kappa shape index (κ3) is 4.63. The Hall–Kier alpha value is -2.21. The van der Waals surface area contributed by atoms with Crippen molar-refractivity contribution in [2.45, 2.75) is 12.7 Å². The lowest BCUT2D eigenvalue weighted by Gasteiger charge is -2.20. The number of rotatable bonds is 3. The number of carbonyl (C=O) groups is 1. The van der Waals surface area contributed by atoms with Gasteiger partial charge in [0, 0.05) is 24.3 Å². The van der Waals surface area contributed by atoms with Crippen LogP contribution in [0.3, 0.4) is 0 Å². The number of hydrogen-bond donors (Lipinski definition) is 1. The van der Waals surface area contributed by atoms with Gasteiger partial charge in [-0.15, -0.1) is 0 Å². The molecule has 0 atom stereocenters. The molecule has 0 fully saturated rings. The Morgan fingerprint density at radius 2 is 1.87 bits per heavy atom. The van der Waals surface area contributed by atoms with Crippen LogP contribution in [0.2, 0.25) is 5.02 Å². The molecule has 2 aromatic rings. The summed E-state index contributed by atoms with van der Waals surface area (Å²) in [4.78, 5) is 13.3. The van der Waals surface area contributed by atoms with Crippen molar-refractivity contribution in [3.8, 4) is 0 Å². The first-order chi connectivity index (χ1) is 10.8. The molecule has 122 valence electrons. The average Bonchev–Trinajstić information content (AvgIpc) is 2.46. The molecule has 2 rings (SSSR count). The Kier molecular flexibility index (Phi) is 5.15. The second-order valence-corrected chi connectivity index (χ2v) is 5.39. The van der Waals surface area contributed by atoms with E-state index in [1.807, 2.05) is 0 Å². The minimum absolute atomic E-state index is 0.0312. The van der Waals surface area contributed by atoms with Gasteiger partial charge in [-0.3, -0.25) is 0 Å². The summed E-state index contributed by atoms with van der Waals surface area (Å²) in [6.45, 7) is -0.165. The maximum absolute atomic E-state index is 13.0. The molecule has 0 heterocycles. The Balaban J connectivity index is 2.10. The Morgan fingerprint density at radius 3 is 2.52 bits per heavy atom. The quantitative estimate of drug-likeness (QED) is 0.834. The number of alkyl halides is 3. The van der Waals surface area contributed by atoms with Crippen LogP contribution in [0, 0.1) is 0 Å². The molecule has 7 heteroatoms. The third-order valence-corrected chi connectivity index (χ3v) is 3.39. The van der Waals surface area contributed by atoms with Crippen molar-refractivity contribution in [3.05, 3.63) is 64.7 Å². The van der Waals surface area contributed by atoms with E-state index in [4.69, 9.17) is 11.6 Å². The lowest BCUT2D eigenvalue weighted by molar-refractivity contribution is -0.138. The highest BCUT2D eigenvalue weighted by molar-refractivity contribution is 6.30. The van der Waals surface area contributed by atoms with E-state index in [2.05, 4.69) is 5.32 Å². The van der Waals surface area contributed by atoms with Crippen LogP contribution in [0.15, 0.2) is 48.5 Å². The molecule has 3 nitrogen and oxygen atoms in total. The van der Waals surface area contributed by atoms with Crippen LogP contribution in [-0.2, 0) is 12.7 Å². The number of urea groups is 1. The molecule has 2 amide bonds. The minimum atomic E-state index is -4.46. The van der Waals surface area contributed by atoms with E-state index in [0.29, 0.717) is 10.7 Å². The summed E-state index contributed by atoms with van der Waals surface area (Å²) in [5.41, 5.74) is -0.246. The lowest BCUT2D eigenvalue weighted by atomic mass is 10.1. The maximum atomic E-state index is 13.0. The van der Waals surface area contributed by atoms with Gasteiger partial charge in [-0.05, 0) is 29.8 Å². The topological polar surface area (TPSA) is 32.3 Å². The molecule has 0 aliphatic rings. The molecule has 0 aromatic heterocycles. The van der Waals surface area contributed by atoms with Gasteiger partial charge in [0.05, 0.1) is 5.56 Å². The van der Waals surface area contributed by atoms with E-state index < -0.39 is 17.8 Å². The molecule has 0 spiro atoms. The summed E-state index contributed by atoms with van der Waals surface area (Å²) < 4.78 is 38.9. The molecule has 0 aliphatic carbocycles. The number of carbonyl (C=O) groups excluding carboxylic acids is 1. The van der Waals surface area contributed by atoms with Crippen LogP contribution in [0.25, 0.3) is 0 Å². The number of halogens is 4. The van der Waals surface area contributed by atoms with Crippen LogP contribution in [-0.4, -0.2) is 18.0 Å². The molecule has 0 bridgehead atoms. The molecule has 0 aliphatic heterocycles. The van der Waals surface area contributed by atoms with Crippen LogP contribution in [0.4, 0.5) is 23.7 Å². The van der Waals surface area contributed by atoms with Crippen LogP contribution in [0.1, 0.15) is 11.1 Å². The normalized spacial score (nSPS) is 11.2. The standard InChI is InChI=1S/C16H14ClF3N2O/c1-22(15(23)21-13-7-4-6-12(17)9-13)10-11-5-2-3-8-14(11)16(18,19)20/h2-9H,10H2,1H3,(H,21,23). The Labute approximate surface area is 136 Å². The van der Waals surface area contributed by atoms with Gasteiger partial charge in [0.1, 0.15) is 0 Å². The largest absolute Gasteiger partial charge is 0.416 e. The summed E-state index contributed by atoms with van der Waals surface area (Å²) in [6.07, 6.45) is -4.46. The van der Waals surface area contributed by atoms with E-state index in [-0.39, 0.29) is 12.1 Å². The molecule has 0 saturated carbocycles. The Bertz CT molecular complexity index is 704. The number of amides is 2. The van der Waals surface area contributed by atoms with Gasteiger partial charge in [0.2, 0.25) is 0 Å². The molecule has 2 aromatic carbocycles. The molecule has 1 N–H and O–H groups in total. The fourth-order valence-corrected chi connectivity index (χ4v) is 2.24. The smallest absolute Gasteiger partial charge is 0.323 e. The molecule has 0 unspecified atom stereocenters. The van der Waals surface area contributed by atoms with Crippen molar-refractivity contribution in [3.63, 3.8) is 0 Å². The first-order valence-electron chi connectivity index (χ1n) is 6.70. The van der Waals surface area contributed by atoms with E-state index in [9.17, 15) is 18.0 Å². The van der Waals surface area contributed by atoms with E-state index in [1.54, 1.807) is 24.3 Å². The van der Waals surface area contributed by atoms with Crippen molar-refractivity contribution in [1.29, 1.82) is 0 Å². The summed E-state index contributed by atoms with van der Waals surface area (Å²) >= 11 is 5.82. The zero-order valence-electron chi connectivity index (χ0n) is 12.2. The van der Waals surface area contributed by atoms with Crippen LogP contribution >= 0.6 is 11.6 Å². The van der Waals surface area contributed by atoms with Gasteiger partial charge < -0.3 is 10.2 Å². The molecule has 23 heavy (non-hydrogen) atoms. The SMILES string of the molecule is CN(Cc1ccccc1C(F)(F)F)C(=O)Nc1cccc(Cl)c1. The van der Waals surface area contributed by atoms with Gasteiger partial charge >= 0.3 is 12.2 Å². The number of hydrogen-bond acceptors (Lipinski definition) is 1. The summed E-state index contributed by atoms with van der Waals surface area (Å²) in [5.74, 6) is 0. The van der Waals surface area contributed by atoms with E-state index >= 15 is 0 Å². The first kappa shape index (κ1) is 17.1. The zero-order valence-corrected chi connectivity index (χ0v) is 12.9. The summed E-state index contributed by atoms with van der Waals surface area (Å²) in [5, 5.41) is 3.03. The van der Waals surface area contributed by atoms with Crippen LogP contribution < -0.4 is 5.32 Å². The number of anilines is 1. The third-order valence-electron chi connectivity index (χ3n) is 3.15. The van der Waals surface area contributed by atoms with Gasteiger partial charge in [-0.2, -0.15) is 13.2 Å². The highest BCUT2D eigenvalue weighted by Crippen LogP contribution is 2.32. The van der Waals surface area contributed by atoms with Crippen molar-refractivity contribution in [2.75, 3.05) is 12.4 Å². The molecular weight excluding hydrogens is 329 g/mol. The first-order valence-corrected chi connectivity index (χ1v) is 7.08. The second kappa shape index (κ2) is 6.91. The van der Waals surface area contributed by atoms with Crippen molar-refractivity contribution in [2.24, 2.45) is 0 Å². The number of nitrogens with one attached hydrogen (secondary N) is 1. The molecule has 0 saturated heterocycles. The van der Waals surface area contributed by atoms with Gasteiger partial charge in [0.25, 0.3) is 0 Å². The van der Waals surface area contributed by atoms with Crippen molar-refractivity contribution < 1.29 is 18.0 Å². The predicted octanol–water partition coefficient (Wildman–Crippen LogP) is 5.02. The van der Waals surface area contributed by atoms with Crippen LogP contribution in [0.5, 0.6) is 0 Å². The number of benzene rings is 2. The van der Waals surface area contributed by atoms with E-state index in [1.165, 1.54) is 30.1 Å². The highest BCUT2D eigenvalue weighted by Gasteiger charge is 2.33. The van der Waals surface area contributed by atoms with Gasteiger partial charge in [-0.1, -0.05) is 35.9 Å². The molecular formula is C16H14ClF3N2O. The summed E-state index contributed by atoms with van der Waals surface area (Å²) in [7, 11) is 1.42. The van der Waals surface area contributed by atoms with Crippen molar-refractivity contribution >= 4 is 23.3 Å². The fraction of sp³-hybridized carbons (Fsp3) is 0.188. The van der Waals surface area contributed by atoms with Gasteiger partial charge in [-0.25, -0.2) is 4.79 Å². The summed E-state index contributed by atoms with van der Waals surface area (Å²) in [6, 6.07) is 11.2. The van der Waals surface area contributed by atoms with Gasteiger partial charge in [0.15, 0.2) is 0 Å². The predicted molar refractivity (Wildman–Crippen MR) is 83.4 cm³/mol. The molecule has 0 radical (unpaired) electrons. The lowest BCUT2D eigenvalue weighted by Crippen LogP contribution is -2.31. The van der Waals surface area contributed by atoms with Crippen molar-refractivity contribution in [1.82, 2.24) is 4.90 Å². The van der Waals surface area contributed by atoms with E-state index in [0.717, 1.165) is 6.07 Å². The minimum Gasteiger partial charge on any atom is -0.323 e. The zero-order chi connectivity index (χ0) is 17.0. The Morgan fingerprint density at radius 1 is 1.17 bits per heavy atom. The monoisotopic (exact) mass is 342 g/mol. The highest BCUT2D eigenvalue weighted by atomic mass is 35.5. The average molecular weight is 343 g/mol.